The van der Waals surface area contributed by atoms with Gasteiger partial charge in [-0.05, 0) is 0 Å². The first-order chi connectivity index (χ1) is 6.58. The van der Waals surface area contributed by atoms with E-state index in [0.29, 0.717) is 12.6 Å². The van der Waals surface area contributed by atoms with Crippen LogP contribution in [0, 0.1) is 0 Å². The molecule has 0 aliphatic rings. The number of hydrogen-bond donors (Lipinski definition) is 2. The fourth-order valence-corrected chi connectivity index (χ4v) is 0.965. The predicted molar refractivity (Wildman–Crippen MR) is 51.2 cm³/mol. The summed E-state index contributed by atoms with van der Waals surface area (Å²) in [6.45, 7) is 4.83. The lowest BCUT2D eigenvalue weighted by molar-refractivity contribution is -0.118. The van der Waals surface area contributed by atoms with Crippen molar-refractivity contribution in [1.29, 1.82) is 0 Å². The molecule has 1 heterocycles. The Balaban J connectivity index is 2.46. The molecule has 0 spiro atoms. The van der Waals surface area contributed by atoms with Gasteiger partial charge in [0, 0.05) is 12.6 Å². The molecule has 14 heavy (non-hydrogen) atoms. The largest absolute Gasteiger partial charge is 0.368 e. The third kappa shape index (κ3) is 3.53. The zero-order chi connectivity index (χ0) is 10.6. The van der Waals surface area contributed by atoms with Gasteiger partial charge in [-0.25, -0.2) is 4.68 Å². The molecule has 0 aliphatic carbocycles. The lowest BCUT2D eigenvalue weighted by Gasteiger charge is -2.03. The molecule has 6 heteroatoms. The second kappa shape index (κ2) is 4.71. The first-order valence-electron chi connectivity index (χ1n) is 4.48. The number of carbonyl (C=O) groups is 1. The van der Waals surface area contributed by atoms with Gasteiger partial charge >= 0.3 is 0 Å². The number of hydrogen-bond acceptors (Lipinski definition) is 4. The van der Waals surface area contributed by atoms with Gasteiger partial charge in [0.25, 0.3) is 0 Å². The topological polar surface area (TPSA) is 85.8 Å². The van der Waals surface area contributed by atoms with Crippen molar-refractivity contribution >= 4 is 5.91 Å². The lowest BCUT2D eigenvalue weighted by Crippen LogP contribution is -2.22. The van der Waals surface area contributed by atoms with Crippen LogP contribution in [-0.2, 0) is 17.9 Å². The van der Waals surface area contributed by atoms with Crippen molar-refractivity contribution < 1.29 is 4.79 Å². The monoisotopic (exact) mass is 197 g/mol. The van der Waals surface area contributed by atoms with E-state index in [-0.39, 0.29) is 6.54 Å². The van der Waals surface area contributed by atoms with Gasteiger partial charge < -0.3 is 11.1 Å². The van der Waals surface area contributed by atoms with Gasteiger partial charge in [-0.1, -0.05) is 19.1 Å². The quantitative estimate of drug-likeness (QED) is 0.651. The number of amides is 1. The number of nitrogens with zero attached hydrogens (tertiary/aromatic N) is 3. The Morgan fingerprint density at radius 3 is 3.00 bits per heavy atom. The minimum atomic E-state index is -0.418. The third-order valence-electron chi connectivity index (χ3n) is 1.60. The molecule has 0 saturated heterocycles. The fourth-order valence-electron chi connectivity index (χ4n) is 0.965. The summed E-state index contributed by atoms with van der Waals surface area (Å²) in [6.07, 6.45) is 1.71. The molecule has 0 radical (unpaired) electrons. The van der Waals surface area contributed by atoms with E-state index in [4.69, 9.17) is 5.73 Å². The number of aromatic nitrogens is 3. The molecule has 0 fully saturated rings. The van der Waals surface area contributed by atoms with Gasteiger partial charge in [0.2, 0.25) is 5.91 Å². The molecule has 0 atom stereocenters. The van der Waals surface area contributed by atoms with E-state index in [1.165, 1.54) is 4.68 Å². The van der Waals surface area contributed by atoms with E-state index >= 15 is 0 Å². The highest BCUT2D eigenvalue weighted by molar-refractivity contribution is 5.73. The minimum absolute atomic E-state index is 0.0781. The van der Waals surface area contributed by atoms with Crippen molar-refractivity contribution in [3.8, 4) is 0 Å². The summed E-state index contributed by atoms with van der Waals surface area (Å²) >= 11 is 0. The molecular weight excluding hydrogens is 182 g/mol. The van der Waals surface area contributed by atoms with Crippen molar-refractivity contribution in [1.82, 2.24) is 20.3 Å². The molecule has 1 amide bonds. The first kappa shape index (κ1) is 10.6. The van der Waals surface area contributed by atoms with Crippen LogP contribution in [0.2, 0.25) is 0 Å². The molecule has 3 N–H and O–H groups in total. The van der Waals surface area contributed by atoms with Crippen LogP contribution in [0.4, 0.5) is 0 Å². The lowest BCUT2D eigenvalue weighted by atomic mass is 10.3. The van der Waals surface area contributed by atoms with Crippen LogP contribution in [0.25, 0.3) is 0 Å². The molecule has 0 aliphatic heterocycles. The van der Waals surface area contributed by atoms with E-state index in [1.807, 2.05) is 13.8 Å². The van der Waals surface area contributed by atoms with Crippen molar-refractivity contribution in [3.63, 3.8) is 0 Å². The molecule has 6 nitrogen and oxygen atoms in total. The van der Waals surface area contributed by atoms with Crippen LogP contribution in [0.3, 0.4) is 0 Å². The maximum absolute atomic E-state index is 10.6. The summed E-state index contributed by atoms with van der Waals surface area (Å²) < 4.78 is 1.43. The van der Waals surface area contributed by atoms with Crippen LogP contribution in [-0.4, -0.2) is 26.9 Å². The smallest absolute Gasteiger partial charge is 0.239 e. The summed E-state index contributed by atoms with van der Waals surface area (Å²) in [7, 11) is 0. The second-order valence-corrected chi connectivity index (χ2v) is 3.41. The average molecular weight is 197 g/mol. The minimum Gasteiger partial charge on any atom is -0.368 e. The van der Waals surface area contributed by atoms with Crippen LogP contribution in [0.5, 0.6) is 0 Å². The molecule has 0 unspecified atom stereocenters. The summed E-state index contributed by atoms with van der Waals surface area (Å²) in [6, 6.07) is 0.399. The van der Waals surface area contributed by atoms with Gasteiger partial charge in [-0.15, -0.1) is 5.10 Å². The van der Waals surface area contributed by atoms with Crippen molar-refractivity contribution in [3.05, 3.63) is 11.9 Å². The molecule has 0 bridgehead atoms. The van der Waals surface area contributed by atoms with Gasteiger partial charge in [-0.3, -0.25) is 4.79 Å². The number of primary amides is 1. The number of rotatable bonds is 5. The Kier molecular flexibility index (Phi) is 3.58. The Labute approximate surface area is 82.5 Å². The van der Waals surface area contributed by atoms with Gasteiger partial charge in [-0.2, -0.15) is 0 Å². The maximum atomic E-state index is 10.6. The van der Waals surface area contributed by atoms with E-state index in [2.05, 4.69) is 15.6 Å². The Morgan fingerprint density at radius 1 is 1.71 bits per heavy atom. The normalized spacial score (nSPS) is 10.8. The Hall–Kier alpha value is -1.43. The van der Waals surface area contributed by atoms with E-state index in [0.717, 1.165) is 5.69 Å². The van der Waals surface area contributed by atoms with Crippen molar-refractivity contribution in [2.75, 3.05) is 0 Å². The highest BCUT2D eigenvalue weighted by Crippen LogP contribution is 1.93. The van der Waals surface area contributed by atoms with Crippen LogP contribution in [0.1, 0.15) is 19.5 Å². The van der Waals surface area contributed by atoms with Gasteiger partial charge in [0.05, 0.1) is 11.9 Å². The Morgan fingerprint density at radius 2 is 2.43 bits per heavy atom. The van der Waals surface area contributed by atoms with E-state index < -0.39 is 5.91 Å². The van der Waals surface area contributed by atoms with Gasteiger partial charge in [0.15, 0.2) is 0 Å². The predicted octanol–water partition coefficient (Wildman–Crippen LogP) is -0.739. The molecular formula is C8H15N5O. The van der Waals surface area contributed by atoms with Crippen LogP contribution in [0.15, 0.2) is 6.20 Å². The summed E-state index contributed by atoms with van der Waals surface area (Å²) in [4.78, 5) is 10.6. The molecule has 1 rings (SSSR count). The van der Waals surface area contributed by atoms with Gasteiger partial charge in [0.1, 0.15) is 6.54 Å². The zero-order valence-corrected chi connectivity index (χ0v) is 8.40. The summed E-state index contributed by atoms with van der Waals surface area (Å²) in [5, 5.41) is 10.8. The van der Waals surface area contributed by atoms with Crippen LogP contribution < -0.4 is 11.1 Å². The molecule has 0 aromatic carbocycles. The van der Waals surface area contributed by atoms with E-state index in [9.17, 15) is 4.79 Å². The number of nitrogens with two attached hydrogens (primary N) is 1. The average Bonchev–Trinajstić information content (AvgIpc) is 2.47. The molecule has 78 valence electrons. The second-order valence-electron chi connectivity index (χ2n) is 3.41. The highest BCUT2D eigenvalue weighted by atomic mass is 16.1. The summed E-state index contributed by atoms with van der Waals surface area (Å²) in [5.41, 5.74) is 5.82. The van der Waals surface area contributed by atoms with Crippen molar-refractivity contribution in [2.45, 2.75) is 33.0 Å². The van der Waals surface area contributed by atoms with Crippen LogP contribution >= 0.6 is 0 Å². The van der Waals surface area contributed by atoms with Crippen molar-refractivity contribution in [2.24, 2.45) is 5.73 Å². The maximum Gasteiger partial charge on any atom is 0.239 e. The number of nitrogens with one attached hydrogen (secondary N) is 1. The highest BCUT2D eigenvalue weighted by Gasteiger charge is 2.03. The first-order valence-corrected chi connectivity index (χ1v) is 4.48. The fraction of sp³-hybridized carbons (Fsp3) is 0.625. The SMILES string of the molecule is CC(C)NCc1cn(CC(N)=O)nn1. The Bertz CT molecular complexity index is 306. The standard InChI is InChI=1S/C8H15N5O/c1-6(2)10-3-7-4-13(12-11-7)5-8(9)14/h4,6,10H,3,5H2,1-2H3,(H2,9,14). The molecule has 1 aromatic rings. The van der Waals surface area contributed by atoms with E-state index in [1.54, 1.807) is 6.20 Å². The molecule has 1 aromatic heterocycles. The summed E-state index contributed by atoms with van der Waals surface area (Å²) in [5.74, 6) is -0.418. The number of carbonyl (C=O) groups excluding carboxylic acids is 1. The third-order valence-corrected chi connectivity index (χ3v) is 1.60. The molecule has 0 saturated carbocycles. The zero-order valence-electron chi connectivity index (χ0n) is 8.40.